The zero-order chi connectivity index (χ0) is 15.1. The Kier molecular flexibility index (Phi) is 3.53. The van der Waals surface area contributed by atoms with Gasteiger partial charge in [-0.15, -0.1) is 0 Å². The molecular weight excluding hydrogens is 290 g/mol. The summed E-state index contributed by atoms with van der Waals surface area (Å²) < 4.78 is 28.8. The lowest BCUT2D eigenvalue weighted by molar-refractivity contribution is -0.157. The van der Waals surface area contributed by atoms with Crippen molar-refractivity contribution in [3.8, 4) is 0 Å². The molecular formula is C15H19NO4S. The summed E-state index contributed by atoms with van der Waals surface area (Å²) in [6.45, 7) is 1.11. The zero-order valence-corrected chi connectivity index (χ0v) is 12.8. The first-order chi connectivity index (χ1) is 9.93. The molecule has 0 aliphatic carbocycles. The van der Waals surface area contributed by atoms with Gasteiger partial charge in [0.25, 0.3) is 5.91 Å². The maximum atomic E-state index is 12.8. The number of sulfone groups is 1. The average Bonchev–Trinajstić information content (AvgIpc) is 2.86. The highest BCUT2D eigenvalue weighted by Gasteiger charge is 2.50. The van der Waals surface area contributed by atoms with E-state index >= 15 is 0 Å². The number of nitrogens with zero attached hydrogens (tertiary/aromatic N) is 1. The first-order valence-electron chi connectivity index (χ1n) is 7.11. The molecule has 0 saturated carbocycles. The number of carbonyl (C=O) groups excluding carboxylic acids is 1. The van der Waals surface area contributed by atoms with Crippen LogP contribution in [0.3, 0.4) is 0 Å². The standard InChI is InChI=1S/C15H19NO4S/c1-21(18,19)13-10-16(11-13)14(17)15(8-5-9-20-15)12-6-3-2-4-7-12/h2-4,6-7,13H,5,8-11H2,1H3. The normalized spacial score (nSPS) is 26.6. The monoisotopic (exact) mass is 309 g/mol. The molecule has 0 radical (unpaired) electrons. The fraction of sp³-hybridized carbons (Fsp3) is 0.533. The molecule has 1 atom stereocenters. The molecule has 1 aromatic carbocycles. The summed E-state index contributed by atoms with van der Waals surface area (Å²) in [6, 6.07) is 9.48. The third-order valence-corrected chi connectivity index (χ3v) is 5.86. The summed E-state index contributed by atoms with van der Waals surface area (Å²) in [5.41, 5.74) is -0.0701. The first-order valence-corrected chi connectivity index (χ1v) is 9.07. The molecule has 0 spiro atoms. The smallest absolute Gasteiger partial charge is 0.259 e. The van der Waals surface area contributed by atoms with Gasteiger partial charge in [-0.25, -0.2) is 8.42 Å². The van der Waals surface area contributed by atoms with Crippen LogP contribution < -0.4 is 0 Å². The van der Waals surface area contributed by atoms with Gasteiger partial charge in [0, 0.05) is 26.0 Å². The van der Waals surface area contributed by atoms with Crippen molar-refractivity contribution < 1.29 is 17.9 Å². The molecule has 2 fully saturated rings. The molecule has 6 heteroatoms. The quantitative estimate of drug-likeness (QED) is 0.834. The van der Waals surface area contributed by atoms with E-state index in [1.807, 2.05) is 30.3 Å². The highest BCUT2D eigenvalue weighted by molar-refractivity contribution is 7.91. The maximum absolute atomic E-state index is 12.8. The van der Waals surface area contributed by atoms with Crippen molar-refractivity contribution in [2.45, 2.75) is 23.7 Å². The second kappa shape index (κ2) is 5.10. The van der Waals surface area contributed by atoms with Crippen LogP contribution in [0.25, 0.3) is 0 Å². The number of likely N-dealkylation sites (tertiary alicyclic amines) is 1. The van der Waals surface area contributed by atoms with Gasteiger partial charge in [0.2, 0.25) is 0 Å². The van der Waals surface area contributed by atoms with Gasteiger partial charge >= 0.3 is 0 Å². The molecule has 1 aromatic rings. The van der Waals surface area contributed by atoms with E-state index < -0.39 is 20.7 Å². The van der Waals surface area contributed by atoms with Crippen LogP contribution in [-0.2, 0) is 25.0 Å². The minimum Gasteiger partial charge on any atom is -0.360 e. The molecule has 0 aromatic heterocycles. The van der Waals surface area contributed by atoms with Crippen molar-refractivity contribution in [2.75, 3.05) is 26.0 Å². The molecule has 5 nitrogen and oxygen atoms in total. The van der Waals surface area contributed by atoms with Crippen molar-refractivity contribution in [3.05, 3.63) is 35.9 Å². The lowest BCUT2D eigenvalue weighted by Gasteiger charge is -2.42. The van der Waals surface area contributed by atoms with Crippen LogP contribution in [0.5, 0.6) is 0 Å². The van der Waals surface area contributed by atoms with E-state index in [0.717, 1.165) is 12.0 Å². The maximum Gasteiger partial charge on any atom is 0.259 e. The number of rotatable bonds is 3. The van der Waals surface area contributed by atoms with Gasteiger partial charge < -0.3 is 9.64 Å². The number of carbonyl (C=O) groups is 1. The minimum absolute atomic E-state index is 0.105. The minimum atomic E-state index is -3.08. The highest BCUT2D eigenvalue weighted by atomic mass is 32.2. The molecule has 1 unspecified atom stereocenters. The summed E-state index contributed by atoms with van der Waals surface area (Å²) in [6.07, 6.45) is 2.71. The molecule has 21 heavy (non-hydrogen) atoms. The summed E-state index contributed by atoms with van der Waals surface area (Å²) in [4.78, 5) is 14.4. The van der Waals surface area contributed by atoms with Crippen molar-refractivity contribution in [3.63, 3.8) is 0 Å². The van der Waals surface area contributed by atoms with E-state index in [2.05, 4.69) is 0 Å². The molecule has 0 N–H and O–H groups in total. The molecule has 3 rings (SSSR count). The topological polar surface area (TPSA) is 63.7 Å². The van der Waals surface area contributed by atoms with Crippen molar-refractivity contribution in [1.29, 1.82) is 0 Å². The Hall–Kier alpha value is -1.40. The Morgan fingerprint density at radius 1 is 1.29 bits per heavy atom. The molecule has 114 valence electrons. The zero-order valence-electron chi connectivity index (χ0n) is 12.0. The van der Waals surface area contributed by atoms with E-state index in [9.17, 15) is 13.2 Å². The van der Waals surface area contributed by atoms with Crippen LogP contribution >= 0.6 is 0 Å². The molecule has 2 aliphatic heterocycles. The predicted molar refractivity (Wildman–Crippen MR) is 78.5 cm³/mol. The number of benzene rings is 1. The van der Waals surface area contributed by atoms with Crippen LogP contribution in [0.1, 0.15) is 18.4 Å². The largest absolute Gasteiger partial charge is 0.360 e. The fourth-order valence-corrected chi connectivity index (χ4v) is 3.90. The second-order valence-electron chi connectivity index (χ2n) is 5.81. The van der Waals surface area contributed by atoms with Crippen LogP contribution in [0.15, 0.2) is 30.3 Å². The van der Waals surface area contributed by atoms with Gasteiger partial charge in [-0.3, -0.25) is 4.79 Å². The van der Waals surface area contributed by atoms with Crippen LogP contribution in [0.2, 0.25) is 0 Å². The lowest BCUT2D eigenvalue weighted by atomic mass is 9.88. The second-order valence-corrected chi connectivity index (χ2v) is 8.13. The highest BCUT2D eigenvalue weighted by Crippen LogP contribution is 2.39. The van der Waals surface area contributed by atoms with E-state index in [1.54, 1.807) is 4.90 Å². The lowest BCUT2D eigenvalue weighted by Crippen LogP contribution is -2.61. The number of hydrogen-bond donors (Lipinski definition) is 0. The SMILES string of the molecule is CS(=O)(=O)C1CN(C(=O)C2(c3ccccc3)CCCO2)C1. The first kappa shape index (κ1) is 14.5. The van der Waals surface area contributed by atoms with Crippen molar-refractivity contribution >= 4 is 15.7 Å². The molecule has 0 bridgehead atoms. The molecule has 1 amide bonds. The average molecular weight is 309 g/mol. The summed E-state index contributed by atoms with van der Waals surface area (Å²) in [7, 11) is -3.08. The number of hydrogen-bond acceptors (Lipinski definition) is 4. The van der Waals surface area contributed by atoms with E-state index in [1.165, 1.54) is 6.26 Å². The summed E-state index contributed by atoms with van der Waals surface area (Å²) in [5.74, 6) is -0.105. The Labute approximate surface area is 124 Å². The van der Waals surface area contributed by atoms with Crippen molar-refractivity contribution in [2.24, 2.45) is 0 Å². The Bertz CT molecular complexity index is 629. The van der Waals surface area contributed by atoms with Crippen LogP contribution in [-0.4, -0.2) is 50.4 Å². The van der Waals surface area contributed by atoms with E-state index in [0.29, 0.717) is 13.0 Å². The third-order valence-electron chi connectivity index (χ3n) is 4.35. The summed E-state index contributed by atoms with van der Waals surface area (Å²) in [5, 5.41) is -0.435. The van der Waals surface area contributed by atoms with Crippen LogP contribution in [0, 0.1) is 0 Å². The van der Waals surface area contributed by atoms with E-state index in [-0.39, 0.29) is 19.0 Å². The van der Waals surface area contributed by atoms with Gasteiger partial charge in [-0.1, -0.05) is 30.3 Å². The van der Waals surface area contributed by atoms with Crippen molar-refractivity contribution in [1.82, 2.24) is 4.90 Å². The molecule has 2 heterocycles. The predicted octanol–water partition coefficient (Wildman–Crippen LogP) is 0.948. The van der Waals surface area contributed by atoms with Gasteiger partial charge in [-0.05, 0) is 18.4 Å². The van der Waals surface area contributed by atoms with Gasteiger partial charge in [0.1, 0.15) is 0 Å². The number of ether oxygens (including phenoxy) is 1. The van der Waals surface area contributed by atoms with Gasteiger partial charge in [-0.2, -0.15) is 0 Å². The van der Waals surface area contributed by atoms with Crippen LogP contribution in [0.4, 0.5) is 0 Å². The van der Waals surface area contributed by atoms with Gasteiger partial charge in [0.15, 0.2) is 15.4 Å². The third kappa shape index (κ3) is 2.46. The summed E-state index contributed by atoms with van der Waals surface area (Å²) >= 11 is 0. The Morgan fingerprint density at radius 2 is 1.95 bits per heavy atom. The Balaban J connectivity index is 1.82. The fourth-order valence-electron chi connectivity index (χ4n) is 3.00. The van der Waals surface area contributed by atoms with Gasteiger partial charge in [0.05, 0.1) is 5.25 Å². The Morgan fingerprint density at radius 3 is 2.48 bits per heavy atom. The van der Waals surface area contributed by atoms with E-state index in [4.69, 9.17) is 4.74 Å². The molecule has 2 aliphatic rings. The molecule has 2 saturated heterocycles. The number of amides is 1.